The van der Waals surface area contributed by atoms with E-state index < -0.39 is 0 Å². The van der Waals surface area contributed by atoms with Crippen LogP contribution in [-0.4, -0.2) is 23.4 Å². The Hall–Kier alpha value is -4.31. The third kappa shape index (κ3) is 6.30. The number of likely N-dealkylation sites (N-methyl/N-ethyl adjacent to an activating group) is 1. The highest BCUT2D eigenvalue weighted by Crippen LogP contribution is 2.49. The number of anilines is 3. The molecule has 5 heteroatoms. The lowest BCUT2D eigenvalue weighted by atomic mass is 9.81. The smallest absolute Gasteiger partial charge is 0.209 e. The zero-order valence-electron chi connectivity index (χ0n) is 30.7. The van der Waals surface area contributed by atoms with Crippen LogP contribution in [0.5, 0.6) is 0 Å². The van der Waals surface area contributed by atoms with Crippen molar-refractivity contribution in [3.05, 3.63) is 165 Å². The highest BCUT2D eigenvalue weighted by molar-refractivity contribution is 6.31. The molecule has 260 valence electrons. The number of benzene rings is 4. The summed E-state index contributed by atoms with van der Waals surface area (Å²) >= 11 is 13.1. The van der Waals surface area contributed by atoms with Crippen molar-refractivity contribution in [2.45, 2.75) is 71.6 Å². The highest BCUT2D eigenvalue weighted by Gasteiger charge is 2.44. The minimum atomic E-state index is -0.181. The second-order valence-corrected chi connectivity index (χ2v) is 15.6. The van der Waals surface area contributed by atoms with Crippen molar-refractivity contribution < 1.29 is 4.58 Å². The van der Waals surface area contributed by atoms with Crippen LogP contribution in [0.25, 0.3) is 0 Å². The number of hydrogen-bond acceptors (Lipinski definition) is 2. The van der Waals surface area contributed by atoms with Gasteiger partial charge in [0.1, 0.15) is 6.54 Å². The first-order valence-corrected chi connectivity index (χ1v) is 19.1. The van der Waals surface area contributed by atoms with Crippen molar-refractivity contribution in [1.82, 2.24) is 0 Å². The maximum absolute atomic E-state index is 6.54. The van der Waals surface area contributed by atoms with E-state index in [1.807, 2.05) is 12.1 Å². The van der Waals surface area contributed by atoms with Gasteiger partial charge in [0, 0.05) is 62.5 Å². The average molecular weight is 714 g/mol. The minimum absolute atomic E-state index is 0.181. The van der Waals surface area contributed by atoms with E-state index in [1.165, 1.54) is 50.8 Å². The second kappa shape index (κ2) is 14.0. The molecule has 3 nitrogen and oxygen atoms in total. The van der Waals surface area contributed by atoms with E-state index in [4.69, 9.17) is 23.2 Å². The monoisotopic (exact) mass is 712 g/mol. The number of rotatable bonds is 8. The van der Waals surface area contributed by atoms with Gasteiger partial charge in [-0.15, -0.1) is 0 Å². The topological polar surface area (TPSA) is 9.49 Å². The molecule has 2 aliphatic heterocycles. The Morgan fingerprint density at radius 3 is 1.98 bits per heavy atom. The predicted octanol–water partition coefficient (Wildman–Crippen LogP) is 12.8. The molecule has 0 atom stereocenters. The quantitative estimate of drug-likeness (QED) is 0.168. The SMILES string of the molecule is CCN1/C(=C/C=C2\CCCC(/C=C/C3=[N+](CC)c4ccc(Cl)cc4C3(C)C)=C2N(c2ccccc2)c2ccccc2)C(C)(C)c2cc(Cl)ccc21. The lowest BCUT2D eigenvalue weighted by Gasteiger charge is -2.34. The van der Waals surface area contributed by atoms with Crippen molar-refractivity contribution in [2.24, 2.45) is 0 Å². The molecule has 0 saturated heterocycles. The molecule has 0 spiro atoms. The van der Waals surface area contributed by atoms with Crippen LogP contribution in [0.2, 0.25) is 10.0 Å². The highest BCUT2D eigenvalue weighted by atomic mass is 35.5. The number of fused-ring (bicyclic) bond motifs is 2. The molecule has 0 bridgehead atoms. The van der Waals surface area contributed by atoms with Crippen molar-refractivity contribution in [3.8, 4) is 0 Å². The molecule has 0 radical (unpaired) electrons. The zero-order valence-corrected chi connectivity index (χ0v) is 32.2. The fourth-order valence-corrected chi connectivity index (χ4v) is 8.77. The summed E-state index contributed by atoms with van der Waals surface area (Å²) in [5.41, 5.74) is 13.5. The van der Waals surface area contributed by atoms with Gasteiger partial charge in [0.05, 0.1) is 11.1 Å². The number of hydrogen-bond donors (Lipinski definition) is 0. The lowest BCUT2D eigenvalue weighted by molar-refractivity contribution is -0.433. The minimum Gasteiger partial charge on any atom is -0.344 e. The Bertz CT molecular complexity index is 2080. The summed E-state index contributed by atoms with van der Waals surface area (Å²) in [6, 6.07) is 34.3. The molecule has 1 aliphatic carbocycles. The van der Waals surface area contributed by atoms with E-state index in [9.17, 15) is 0 Å². The Kier molecular flexibility index (Phi) is 9.65. The van der Waals surface area contributed by atoms with Gasteiger partial charge in [-0.2, -0.15) is 4.58 Å². The molecule has 51 heavy (non-hydrogen) atoms. The summed E-state index contributed by atoms with van der Waals surface area (Å²) in [5.74, 6) is 0. The molecule has 0 amide bonds. The first-order chi connectivity index (χ1) is 24.6. The van der Waals surface area contributed by atoms with Gasteiger partial charge in [0.2, 0.25) is 5.69 Å². The predicted molar refractivity (Wildman–Crippen MR) is 219 cm³/mol. The van der Waals surface area contributed by atoms with Gasteiger partial charge in [-0.3, -0.25) is 0 Å². The fraction of sp³-hybridized carbons (Fsp3) is 0.283. The van der Waals surface area contributed by atoms with Crippen molar-refractivity contribution >= 4 is 51.7 Å². The summed E-state index contributed by atoms with van der Waals surface area (Å²) in [5, 5.41) is 1.56. The maximum Gasteiger partial charge on any atom is 0.209 e. The Morgan fingerprint density at radius 2 is 1.35 bits per heavy atom. The van der Waals surface area contributed by atoms with Gasteiger partial charge in [-0.1, -0.05) is 85.6 Å². The fourth-order valence-electron chi connectivity index (χ4n) is 8.42. The van der Waals surface area contributed by atoms with Gasteiger partial charge in [-0.25, -0.2) is 0 Å². The van der Waals surface area contributed by atoms with Crippen LogP contribution in [0.15, 0.2) is 144 Å². The summed E-state index contributed by atoms with van der Waals surface area (Å²) in [6.45, 7) is 15.5. The summed E-state index contributed by atoms with van der Waals surface area (Å²) in [7, 11) is 0. The molecule has 4 aromatic carbocycles. The average Bonchev–Trinajstić information content (AvgIpc) is 3.48. The molecule has 7 rings (SSSR count). The van der Waals surface area contributed by atoms with E-state index in [1.54, 1.807) is 0 Å². The molecular weight excluding hydrogens is 665 g/mol. The molecule has 4 aromatic rings. The standard InChI is InChI=1S/C46H48Cl2N3/c1-7-49-40-26-24-34(47)30-38(40)45(3,4)42(49)28-22-32-16-15-17-33(44(32)51(36-18-11-9-12-19-36)37-20-13-10-14-21-37)23-29-43-46(5,6)39-31-35(48)25-27-41(39)50(43)8-2/h9-14,18-31H,7-8,15-17H2,1-6H3/q+1. The first kappa shape index (κ1) is 35.1. The third-order valence-corrected chi connectivity index (χ3v) is 11.4. The van der Waals surface area contributed by atoms with Crippen molar-refractivity contribution in [2.75, 3.05) is 22.9 Å². The van der Waals surface area contributed by atoms with Crippen LogP contribution in [-0.2, 0) is 10.8 Å². The molecule has 0 fully saturated rings. The van der Waals surface area contributed by atoms with Crippen LogP contribution in [0.3, 0.4) is 0 Å². The van der Waals surface area contributed by atoms with Crippen molar-refractivity contribution in [3.63, 3.8) is 0 Å². The second-order valence-electron chi connectivity index (χ2n) is 14.8. The largest absolute Gasteiger partial charge is 0.344 e. The summed E-state index contributed by atoms with van der Waals surface area (Å²) < 4.78 is 2.45. The molecule has 0 aromatic heterocycles. The lowest BCUT2D eigenvalue weighted by Crippen LogP contribution is -2.28. The van der Waals surface area contributed by atoms with Gasteiger partial charge in [0.25, 0.3) is 0 Å². The van der Waals surface area contributed by atoms with Crippen LogP contribution in [0, 0.1) is 0 Å². The van der Waals surface area contributed by atoms with E-state index in [2.05, 4.69) is 165 Å². The number of nitrogens with zero attached hydrogens (tertiary/aromatic N) is 3. The van der Waals surface area contributed by atoms with E-state index in [0.717, 1.165) is 53.8 Å². The summed E-state index contributed by atoms with van der Waals surface area (Å²) in [6.07, 6.45) is 12.6. The Labute approximate surface area is 314 Å². The summed E-state index contributed by atoms with van der Waals surface area (Å²) in [4.78, 5) is 4.91. The van der Waals surface area contributed by atoms with Crippen molar-refractivity contribution in [1.29, 1.82) is 0 Å². The van der Waals surface area contributed by atoms with E-state index in [0.29, 0.717) is 0 Å². The molecular formula is C46H48Cl2N3+. The number of allylic oxidation sites excluding steroid dienone is 7. The number of halogens is 2. The van der Waals surface area contributed by atoms with Crippen LogP contribution in [0.4, 0.5) is 22.7 Å². The van der Waals surface area contributed by atoms with E-state index in [-0.39, 0.29) is 10.8 Å². The van der Waals surface area contributed by atoms with Gasteiger partial charge in [0.15, 0.2) is 5.71 Å². The molecule has 0 saturated carbocycles. The number of para-hydroxylation sites is 2. The van der Waals surface area contributed by atoms with Crippen LogP contribution >= 0.6 is 23.2 Å². The maximum atomic E-state index is 6.54. The molecule has 2 heterocycles. The van der Waals surface area contributed by atoms with Gasteiger partial charge >= 0.3 is 0 Å². The third-order valence-electron chi connectivity index (χ3n) is 11.0. The van der Waals surface area contributed by atoms with E-state index >= 15 is 0 Å². The zero-order chi connectivity index (χ0) is 35.9. The molecule has 0 N–H and O–H groups in total. The Morgan fingerprint density at radius 1 is 0.725 bits per heavy atom. The van der Waals surface area contributed by atoms with Gasteiger partial charge in [-0.05, 0) is 124 Å². The van der Waals surface area contributed by atoms with Crippen LogP contribution < -0.4 is 9.80 Å². The normalized spacial score (nSPS) is 19.4. The van der Waals surface area contributed by atoms with Crippen LogP contribution in [0.1, 0.15) is 71.9 Å². The molecule has 3 aliphatic rings. The first-order valence-electron chi connectivity index (χ1n) is 18.3. The van der Waals surface area contributed by atoms with Gasteiger partial charge < -0.3 is 9.80 Å². The molecule has 0 unspecified atom stereocenters. The Balaban J connectivity index is 1.42.